The molecule has 0 N–H and O–H groups in total. The molecule has 33 heavy (non-hydrogen) atoms. The topological polar surface area (TPSA) is 62.0 Å². The van der Waals surface area contributed by atoms with Gasteiger partial charge >= 0.3 is 6.01 Å². The maximum atomic E-state index is 9.15. The van der Waals surface area contributed by atoms with E-state index >= 15 is 0 Å². The first kappa shape index (κ1) is 29.2. The van der Waals surface area contributed by atoms with Crippen molar-refractivity contribution in [2.45, 2.75) is 107 Å². The van der Waals surface area contributed by atoms with Crippen LogP contribution >= 0.6 is 0 Å². The molecule has 0 spiro atoms. The van der Waals surface area contributed by atoms with Crippen LogP contribution in [-0.2, 0) is 12.8 Å². The van der Waals surface area contributed by atoms with Gasteiger partial charge in [0.1, 0.15) is 5.82 Å². The summed E-state index contributed by atoms with van der Waals surface area (Å²) >= 11 is 0. The fourth-order valence-corrected chi connectivity index (χ4v) is 4.48. The lowest BCUT2D eigenvalue weighted by molar-refractivity contribution is 0.165. The fraction of sp³-hybridized carbons (Fsp3) is 0.821. The van der Waals surface area contributed by atoms with Gasteiger partial charge in [-0.05, 0) is 42.9 Å². The minimum absolute atomic E-state index is 0.297. The number of hydrogen-bond donors (Lipinski definition) is 0. The average Bonchev–Trinajstić information content (AvgIpc) is 2.80. The molecule has 1 aromatic heterocycles. The Bertz CT molecular complexity index is 715. The van der Waals surface area contributed by atoms with Gasteiger partial charge in [0.2, 0.25) is 0 Å². The molecule has 0 aliphatic rings. The molecule has 4 atom stereocenters. The molecule has 188 valence electrons. The second-order valence-corrected chi connectivity index (χ2v) is 10.0. The smallest absolute Gasteiger partial charge is 0.318 e. The van der Waals surface area contributed by atoms with Crippen molar-refractivity contribution in [2.75, 3.05) is 24.6 Å². The normalized spacial score (nSPS) is 14.9. The summed E-state index contributed by atoms with van der Waals surface area (Å²) in [6.07, 6.45) is 8.32. The van der Waals surface area contributed by atoms with Gasteiger partial charge in [-0.25, -0.2) is 0 Å². The molecule has 0 saturated carbocycles. The second-order valence-electron chi connectivity index (χ2n) is 10.0. The van der Waals surface area contributed by atoms with Crippen molar-refractivity contribution >= 4 is 5.82 Å². The fourth-order valence-electron chi connectivity index (χ4n) is 4.48. The van der Waals surface area contributed by atoms with Gasteiger partial charge in [-0.3, -0.25) is 0 Å². The van der Waals surface area contributed by atoms with Gasteiger partial charge in [-0.2, -0.15) is 15.2 Å². The third-order valence-electron chi connectivity index (χ3n) is 6.93. The van der Waals surface area contributed by atoms with Gasteiger partial charge in [0.05, 0.1) is 18.4 Å². The van der Waals surface area contributed by atoms with Crippen LogP contribution in [0.1, 0.15) is 105 Å². The van der Waals surface area contributed by atoms with Gasteiger partial charge < -0.3 is 9.64 Å². The Labute approximate surface area is 204 Å². The van der Waals surface area contributed by atoms with Crippen molar-refractivity contribution < 1.29 is 4.74 Å². The molecule has 5 nitrogen and oxygen atoms in total. The van der Waals surface area contributed by atoms with Crippen LogP contribution in [-0.4, -0.2) is 29.7 Å². The number of rotatable bonds is 17. The van der Waals surface area contributed by atoms with E-state index in [2.05, 4.69) is 66.4 Å². The van der Waals surface area contributed by atoms with Crippen molar-refractivity contribution in [3.05, 3.63) is 11.3 Å². The molecule has 0 saturated heterocycles. The third-order valence-corrected chi connectivity index (χ3v) is 6.93. The largest absolute Gasteiger partial charge is 0.463 e. The number of anilines is 1. The highest BCUT2D eigenvalue weighted by Gasteiger charge is 2.23. The van der Waals surface area contributed by atoms with E-state index in [-0.39, 0.29) is 0 Å². The lowest BCUT2D eigenvalue weighted by atomic mass is 9.83. The summed E-state index contributed by atoms with van der Waals surface area (Å²) in [6, 6.07) is 2.83. The minimum atomic E-state index is 0.297. The molecule has 0 bridgehead atoms. The molecule has 1 aromatic rings. The summed E-state index contributed by atoms with van der Waals surface area (Å²) < 4.78 is 6.24. The Hall–Kier alpha value is -1.83. The van der Waals surface area contributed by atoms with Crippen LogP contribution in [0.3, 0.4) is 0 Å². The molecule has 2 unspecified atom stereocenters. The summed E-state index contributed by atoms with van der Waals surface area (Å²) in [6.45, 7) is 20.4. The van der Waals surface area contributed by atoms with Crippen molar-refractivity contribution in [3.63, 3.8) is 0 Å². The Morgan fingerprint density at radius 3 is 2.27 bits per heavy atom. The van der Waals surface area contributed by atoms with Crippen molar-refractivity contribution in [1.82, 2.24) is 9.97 Å². The van der Waals surface area contributed by atoms with Crippen LogP contribution in [0.15, 0.2) is 0 Å². The highest BCUT2D eigenvalue weighted by atomic mass is 16.5. The van der Waals surface area contributed by atoms with Gasteiger partial charge in [-0.15, -0.1) is 0 Å². The van der Waals surface area contributed by atoms with E-state index < -0.39 is 0 Å². The van der Waals surface area contributed by atoms with E-state index in [9.17, 15) is 0 Å². The molecule has 0 aliphatic carbocycles. The van der Waals surface area contributed by atoms with Gasteiger partial charge in [0.15, 0.2) is 0 Å². The van der Waals surface area contributed by atoms with Crippen molar-refractivity contribution in [2.24, 2.45) is 23.7 Å². The molecule has 0 fully saturated rings. The number of unbranched alkanes of at least 4 members (excludes halogenated alkanes) is 1. The molecule has 1 heterocycles. The Kier molecular flexibility index (Phi) is 14.1. The number of aryl methyl sites for hydroxylation is 1. The zero-order valence-electron chi connectivity index (χ0n) is 22.8. The zero-order valence-corrected chi connectivity index (χ0v) is 22.8. The lowest BCUT2D eigenvalue weighted by Gasteiger charge is -2.29. The summed E-state index contributed by atoms with van der Waals surface area (Å²) in [5.74, 6) is 3.06. The van der Waals surface area contributed by atoms with E-state index in [1.165, 1.54) is 24.8 Å². The first-order chi connectivity index (χ1) is 15.8. The number of aromatic nitrogens is 2. The van der Waals surface area contributed by atoms with E-state index in [4.69, 9.17) is 20.0 Å². The quantitative estimate of drug-likeness (QED) is 0.246. The monoisotopic (exact) mass is 458 g/mol. The highest BCUT2D eigenvalue weighted by Crippen LogP contribution is 2.29. The van der Waals surface area contributed by atoms with Crippen molar-refractivity contribution in [1.29, 1.82) is 5.26 Å². The number of hydrogen-bond acceptors (Lipinski definition) is 5. The molecular weight excluding hydrogens is 408 g/mol. The van der Waals surface area contributed by atoms with E-state index in [1.807, 2.05) is 0 Å². The van der Waals surface area contributed by atoms with Crippen LogP contribution in [0.2, 0.25) is 0 Å². The van der Waals surface area contributed by atoms with E-state index in [1.54, 1.807) is 0 Å². The number of nitrogens with zero attached hydrogens (tertiary/aromatic N) is 4. The van der Waals surface area contributed by atoms with Crippen LogP contribution < -0.4 is 9.64 Å². The zero-order chi connectivity index (χ0) is 24.8. The lowest BCUT2D eigenvalue weighted by Crippen LogP contribution is -2.32. The molecular formula is C28H50N4O. The minimum Gasteiger partial charge on any atom is -0.463 e. The molecule has 0 aromatic carbocycles. The number of ether oxygens (including phenoxy) is 1. The SMILES string of the molecule is CCCCC(C)[C@H](C)[C@@H](C)COc1nc(CC)c(CCC)c(N(CCC)CC(C)CC#N)n1. The van der Waals surface area contributed by atoms with Crippen LogP contribution in [0.25, 0.3) is 0 Å². The number of nitriles is 1. The Balaban J connectivity index is 3.15. The summed E-state index contributed by atoms with van der Waals surface area (Å²) in [5.41, 5.74) is 2.35. The maximum absolute atomic E-state index is 9.15. The summed E-state index contributed by atoms with van der Waals surface area (Å²) in [5, 5.41) is 9.15. The third kappa shape index (κ3) is 9.51. The van der Waals surface area contributed by atoms with Gasteiger partial charge in [0, 0.05) is 25.1 Å². The predicted molar refractivity (Wildman–Crippen MR) is 140 cm³/mol. The summed E-state index contributed by atoms with van der Waals surface area (Å²) in [7, 11) is 0. The second kappa shape index (κ2) is 15.9. The standard InChI is InChI=1S/C28H50N4O/c1-9-13-15-22(6)24(8)23(7)20-33-28-30-26(12-4)25(14-10-2)27(31-28)32(18-11-3)19-21(5)16-17-29/h21-24H,9-16,18-20H2,1-8H3/t21?,22?,23-,24-/m0/s1. The van der Waals surface area contributed by atoms with E-state index in [0.29, 0.717) is 42.7 Å². The molecule has 5 heteroatoms. The Morgan fingerprint density at radius 2 is 1.70 bits per heavy atom. The molecule has 0 amide bonds. The highest BCUT2D eigenvalue weighted by molar-refractivity contribution is 5.50. The molecule has 0 radical (unpaired) electrons. The van der Waals surface area contributed by atoms with Crippen molar-refractivity contribution in [3.8, 4) is 12.1 Å². The molecule has 1 rings (SSSR count). The molecule has 0 aliphatic heterocycles. The maximum Gasteiger partial charge on any atom is 0.318 e. The van der Waals surface area contributed by atoms with E-state index in [0.717, 1.165) is 50.3 Å². The first-order valence-corrected chi connectivity index (χ1v) is 13.5. The average molecular weight is 459 g/mol. The summed E-state index contributed by atoms with van der Waals surface area (Å²) in [4.78, 5) is 12.2. The first-order valence-electron chi connectivity index (χ1n) is 13.5. The van der Waals surface area contributed by atoms with Crippen LogP contribution in [0.4, 0.5) is 5.82 Å². The Morgan fingerprint density at radius 1 is 0.970 bits per heavy atom. The van der Waals surface area contributed by atoms with Gasteiger partial charge in [0.25, 0.3) is 0 Å². The van der Waals surface area contributed by atoms with Crippen LogP contribution in [0, 0.1) is 35.0 Å². The van der Waals surface area contributed by atoms with Gasteiger partial charge in [-0.1, -0.05) is 81.1 Å². The van der Waals surface area contributed by atoms with Crippen LogP contribution in [0.5, 0.6) is 6.01 Å². The predicted octanol–water partition coefficient (Wildman–Crippen LogP) is 7.23.